The zero-order chi connectivity index (χ0) is 28.8. The van der Waals surface area contributed by atoms with E-state index in [0.29, 0.717) is 41.6 Å². The molecule has 1 N–H and O–H groups in total. The molecule has 2 amide bonds. The van der Waals surface area contributed by atoms with E-state index in [-0.39, 0.29) is 29.4 Å². The molecule has 3 aromatic carbocycles. The zero-order valence-corrected chi connectivity index (χ0v) is 24.6. The van der Waals surface area contributed by atoms with Crippen LogP contribution in [-0.2, 0) is 17.8 Å². The first-order valence-corrected chi connectivity index (χ1v) is 13.8. The Morgan fingerprint density at radius 2 is 1.68 bits per heavy atom. The van der Waals surface area contributed by atoms with Crippen LogP contribution in [0, 0.1) is 0 Å². The van der Waals surface area contributed by atoms with E-state index in [1.54, 1.807) is 36.2 Å². The monoisotopic (exact) mass is 581 g/mol. The fourth-order valence-electron chi connectivity index (χ4n) is 4.61. The third-order valence-electron chi connectivity index (χ3n) is 6.86. The summed E-state index contributed by atoms with van der Waals surface area (Å²) >= 11 is 12.2. The molecule has 0 fully saturated rings. The van der Waals surface area contributed by atoms with Crippen LogP contribution in [0.4, 0.5) is 0 Å². The summed E-state index contributed by atoms with van der Waals surface area (Å²) in [5, 5.41) is 1.78. The summed E-state index contributed by atoms with van der Waals surface area (Å²) in [6.07, 6.45) is 2.63. The van der Waals surface area contributed by atoms with Crippen molar-refractivity contribution >= 4 is 45.9 Å². The van der Waals surface area contributed by atoms with E-state index >= 15 is 0 Å². The average Bonchev–Trinajstić information content (AvgIpc) is 3.37. The smallest absolute Gasteiger partial charge is 0.254 e. The summed E-state index contributed by atoms with van der Waals surface area (Å²) in [4.78, 5) is 33.9. The van der Waals surface area contributed by atoms with Gasteiger partial charge in [0.25, 0.3) is 5.91 Å². The summed E-state index contributed by atoms with van der Waals surface area (Å²) in [6, 6.07) is 18.2. The highest BCUT2D eigenvalue weighted by molar-refractivity contribution is 6.42. The van der Waals surface area contributed by atoms with Gasteiger partial charge in [-0.25, -0.2) is 0 Å². The molecule has 9 heteroatoms. The Bertz CT molecular complexity index is 1500. The topological polar surface area (TPSA) is 74.9 Å². The molecule has 210 valence electrons. The summed E-state index contributed by atoms with van der Waals surface area (Å²) in [5.74, 6) is 0.741. The molecule has 0 radical (unpaired) electrons. The number of H-pyrrole nitrogens is 1. The maximum atomic E-state index is 13.8. The number of hydrogen-bond acceptors (Lipinski definition) is 4. The number of aromatic nitrogens is 1. The number of aromatic amines is 1. The first-order chi connectivity index (χ1) is 19.2. The molecule has 40 heavy (non-hydrogen) atoms. The third-order valence-corrected chi connectivity index (χ3v) is 7.60. The van der Waals surface area contributed by atoms with Crippen molar-refractivity contribution in [2.75, 3.05) is 27.3 Å². The lowest BCUT2D eigenvalue weighted by molar-refractivity contribution is -0.132. The number of halogens is 2. The summed E-state index contributed by atoms with van der Waals surface area (Å²) in [6.45, 7) is 4.48. The molecular formula is C31H33Cl2N3O4. The maximum absolute atomic E-state index is 13.8. The number of fused-ring (bicyclic) bond motifs is 1. The van der Waals surface area contributed by atoms with Gasteiger partial charge < -0.3 is 24.3 Å². The van der Waals surface area contributed by atoms with E-state index in [1.807, 2.05) is 56.4 Å². The predicted octanol–water partition coefficient (Wildman–Crippen LogP) is 6.61. The van der Waals surface area contributed by atoms with Crippen LogP contribution in [0.25, 0.3) is 10.9 Å². The van der Waals surface area contributed by atoms with E-state index in [0.717, 1.165) is 22.0 Å². The lowest BCUT2D eigenvalue weighted by Crippen LogP contribution is -2.46. The number of carbonyl (C=O) groups is 2. The maximum Gasteiger partial charge on any atom is 0.254 e. The molecule has 4 aromatic rings. The quantitative estimate of drug-likeness (QED) is 0.216. The van der Waals surface area contributed by atoms with Crippen molar-refractivity contribution in [1.82, 2.24) is 14.8 Å². The van der Waals surface area contributed by atoms with Crippen LogP contribution in [0.1, 0.15) is 35.3 Å². The molecule has 0 saturated carbocycles. The second-order valence-electron chi connectivity index (χ2n) is 9.77. The average molecular weight is 583 g/mol. The van der Waals surface area contributed by atoms with E-state index < -0.39 is 0 Å². The number of amides is 2. The number of rotatable bonds is 11. The molecular weight excluding hydrogens is 549 g/mol. The molecule has 0 aliphatic rings. The lowest BCUT2D eigenvalue weighted by atomic mass is 10.1. The van der Waals surface area contributed by atoms with Crippen molar-refractivity contribution < 1.29 is 19.1 Å². The van der Waals surface area contributed by atoms with Gasteiger partial charge in [0.05, 0.1) is 24.3 Å². The molecule has 0 saturated heterocycles. The summed E-state index contributed by atoms with van der Waals surface area (Å²) in [5.41, 5.74) is 3.43. The highest BCUT2D eigenvalue weighted by Gasteiger charge is 2.25. The molecule has 0 bridgehead atoms. The number of para-hydroxylation sites is 1. The van der Waals surface area contributed by atoms with Gasteiger partial charge in [-0.3, -0.25) is 9.59 Å². The standard InChI is InChI=1S/C31H33Cl2N3O4/c1-20(2)36(31(38)22-10-11-25(32)26(33)16-22)19-30(37)35(18-21-9-12-28(39-3)29(15-21)40-4)14-13-23-17-34-27-8-6-5-7-24(23)27/h5-12,15-17,20,34H,13-14,18-19H2,1-4H3. The number of nitrogens with zero attached hydrogens (tertiary/aromatic N) is 2. The molecule has 0 unspecified atom stereocenters. The minimum atomic E-state index is -0.287. The van der Waals surface area contributed by atoms with E-state index in [2.05, 4.69) is 11.1 Å². The zero-order valence-electron chi connectivity index (χ0n) is 23.0. The Labute approximate surface area is 244 Å². The van der Waals surface area contributed by atoms with Crippen molar-refractivity contribution in [3.63, 3.8) is 0 Å². The Kier molecular flexibility index (Phi) is 9.61. The van der Waals surface area contributed by atoms with Gasteiger partial charge in [-0.05, 0) is 67.8 Å². The first kappa shape index (κ1) is 29.3. The van der Waals surface area contributed by atoms with E-state index in [1.165, 1.54) is 6.07 Å². The first-order valence-electron chi connectivity index (χ1n) is 13.0. The number of benzene rings is 3. The number of carbonyl (C=O) groups excluding carboxylic acids is 2. The Balaban J connectivity index is 1.59. The molecule has 7 nitrogen and oxygen atoms in total. The van der Waals surface area contributed by atoms with Crippen LogP contribution in [0.3, 0.4) is 0 Å². The molecule has 0 atom stereocenters. The number of hydrogen-bond donors (Lipinski definition) is 1. The minimum Gasteiger partial charge on any atom is -0.493 e. The van der Waals surface area contributed by atoms with Crippen LogP contribution >= 0.6 is 23.2 Å². The van der Waals surface area contributed by atoms with Gasteiger partial charge in [0.2, 0.25) is 5.91 Å². The Morgan fingerprint density at radius 1 is 0.925 bits per heavy atom. The van der Waals surface area contributed by atoms with Crippen LogP contribution in [-0.4, -0.2) is 59.9 Å². The Hall–Kier alpha value is -3.68. The van der Waals surface area contributed by atoms with Crippen molar-refractivity contribution in [3.8, 4) is 11.5 Å². The fraction of sp³-hybridized carbons (Fsp3) is 0.290. The van der Waals surface area contributed by atoms with Gasteiger partial charge in [0.15, 0.2) is 11.5 Å². The second kappa shape index (κ2) is 13.1. The number of methoxy groups -OCH3 is 2. The van der Waals surface area contributed by atoms with Gasteiger partial charge in [-0.15, -0.1) is 0 Å². The SMILES string of the molecule is COc1ccc(CN(CCc2c[nH]c3ccccc23)C(=O)CN(C(=O)c2ccc(Cl)c(Cl)c2)C(C)C)cc1OC. The van der Waals surface area contributed by atoms with Gasteiger partial charge in [-0.1, -0.05) is 47.5 Å². The van der Waals surface area contributed by atoms with Gasteiger partial charge in [0.1, 0.15) is 6.54 Å². The largest absolute Gasteiger partial charge is 0.493 e. The molecule has 1 heterocycles. The van der Waals surface area contributed by atoms with Crippen LogP contribution < -0.4 is 9.47 Å². The molecule has 4 rings (SSSR count). The van der Waals surface area contributed by atoms with Crippen LogP contribution in [0.5, 0.6) is 11.5 Å². The second-order valence-corrected chi connectivity index (χ2v) is 10.6. The molecule has 0 spiro atoms. The predicted molar refractivity (Wildman–Crippen MR) is 160 cm³/mol. The normalized spacial score (nSPS) is 11.1. The molecule has 0 aliphatic heterocycles. The van der Waals surface area contributed by atoms with Crippen LogP contribution in [0.2, 0.25) is 10.0 Å². The van der Waals surface area contributed by atoms with E-state index in [9.17, 15) is 9.59 Å². The van der Waals surface area contributed by atoms with E-state index in [4.69, 9.17) is 32.7 Å². The summed E-state index contributed by atoms with van der Waals surface area (Å²) in [7, 11) is 3.16. The van der Waals surface area contributed by atoms with Gasteiger partial charge >= 0.3 is 0 Å². The number of nitrogens with one attached hydrogen (secondary N) is 1. The molecule has 0 aliphatic carbocycles. The van der Waals surface area contributed by atoms with Crippen molar-refractivity contribution in [1.29, 1.82) is 0 Å². The van der Waals surface area contributed by atoms with Crippen molar-refractivity contribution in [2.24, 2.45) is 0 Å². The highest BCUT2D eigenvalue weighted by Crippen LogP contribution is 2.29. The fourth-order valence-corrected chi connectivity index (χ4v) is 4.91. The van der Waals surface area contributed by atoms with Crippen LogP contribution in [0.15, 0.2) is 66.9 Å². The third kappa shape index (κ3) is 6.72. The lowest BCUT2D eigenvalue weighted by Gasteiger charge is -2.30. The van der Waals surface area contributed by atoms with Gasteiger partial charge in [-0.2, -0.15) is 0 Å². The van der Waals surface area contributed by atoms with Gasteiger partial charge in [0, 0.05) is 41.8 Å². The summed E-state index contributed by atoms with van der Waals surface area (Å²) < 4.78 is 10.8. The Morgan fingerprint density at radius 3 is 2.38 bits per heavy atom. The molecule has 1 aromatic heterocycles. The highest BCUT2D eigenvalue weighted by atomic mass is 35.5. The minimum absolute atomic E-state index is 0.0854. The number of ether oxygens (including phenoxy) is 2. The van der Waals surface area contributed by atoms with Crippen molar-refractivity contribution in [2.45, 2.75) is 32.9 Å². The van der Waals surface area contributed by atoms with Crippen molar-refractivity contribution in [3.05, 3.63) is 93.6 Å².